The first kappa shape index (κ1) is 25.2. The Hall–Kier alpha value is -3.90. The Bertz CT molecular complexity index is 1360. The van der Waals surface area contributed by atoms with E-state index in [2.05, 4.69) is 42.8 Å². The van der Waals surface area contributed by atoms with Crippen molar-refractivity contribution < 1.29 is 14.6 Å². The number of nitrogens with zero attached hydrogens (tertiary/aromatic N) is 2. The number of carbonyl (C=O) groups is 1. The number of fused-ring (bicyclic) bond motifs is 1. The largest absolute Gasteiger partial charge is 0.494 e. The molecule has 0 spiro atoms. The maximum atomic E-state index is 12.2. The van der Waals surface area contributed by atoms with Gasteiger partial charge in [0.1, 0.15) is 0 Å². The molecule has 0 bridgehead atoms. The van der Waals surface area contributed by atoms with Crippen molar-refractivity contribution in [1.29, 1.82) is 0 Å². The molecular weight excluding hydrogens is 450 g/mol. The molecular formula is C30H33N3O3. The van der Waals surface area contributed by atoms with Crippen LogP contribution in [0.2, 0.25) is 0 Å². The first-order valence-corrected chi connectivity index (χ1v) is 12.4. The minimum Gasteiger partial charge on any atom is -0.494 e. The highest BCUT2D eigenvalue weighted by Crippen LogP contribution is 2.32. The van der Waals surface area contributed by atoms with E-state index in [9.17, 15) is 9.90 Å². The van der Waals surface area contributed by atoms with Gasteiger partial charge in [0.15, 0.2) is 5.88 Å². The van der Waals surface area contributed by atoms with Crippen LogP contribution < -0.4 is 0 Å². The highest BCUT2D eigenvalue weighted by Gasteiger charge is 2.20. The molecule has 0 radical (unpaired) electrons. The zero-order chi connectivity index (χ0) is 25.7. The van der Waals surface area contributed by atoms with Gasteiger partial charge in [-0.25, -0.2) is 9.79 Å². The molecule has 36 heavy (non-hydrogen) atoms. The van der Waals surface area contributed by atoms with Crippen LogP contribution in [0.5, 0.6) is 5.88 Å². The van der Waals surface area contributed by atoms with Crippen LogP contribution in [0.15, 0.2) is 77.8 Å². The van der Waals surface area contributed by atoms with Crippen molar-refractivity contribution in [1.82, 2.24) is 9.88 Å². The Labute approximate surface area is 212 Å². The quantitative estimate of drug-likeness (QED) is 0.212. The van der Waals surface area contributed by atoms with E-state index in [1.165, 1.54) is 5.56 Å². The molecule has 1 heterocycles. The normalized spacial score (nSPS) is 12.0. The second-order valence-corrected chi connectivity index (χ2v) is 8.98. The molecule has 186 valence electrons. The summed E-state index contributed by atoms with van der Waals surface area (Å²) in [6.45, 7) is 10.5. The average molecular weight is 484 g/mol. The fraction of sp³-hybridized carbons (Fsp3) is 0.267. The predicted molar refractivity (Wildman–Crippen MR) is 145 cm³/mol. The number of carbonyl (C=O) groups excluding carboxylic acids is 1. The SMILES string of the molecule is CCOC(=O)c1ccc2c(C(=Nc3ccc(CN(CC)C(C)C)cc3)c3ccccc3)c(O)[nH]c2c1. The summed E-state index contributed by atoms with van der Waals surface area (Å²) in [6.07, 6.45) is 0. The lowest BCUT2D eigenvalue weighted by atomic mass is 10.00. The number of aliphatic imine (C=N–C) groups is 1. The van der Waals surface area contributed by atoms with Crippen molar-refractivity contribution in [3.05, 3.63) is 95.1 Å². The van der Waals surface area contributed by atoms with Gasteiger partial charge in [-0.05, 0) is 57.1 Å². The fourth-order valence-electron chi connectivity index (χ4n) is 4.32. The van der Waals surface area contributed by atoms with Gasteiger partial charge in [-0.1, -0.05) is 55.5 Å². The summed E-state index contributed by atoms with van der Waals surface area (Å²) < 4.78 is 5.12. The lowest BCUT2D eigenvalue weighted by Crippen LogP contribution is -2.29. The number of aromatic amines is 1. The monoisotopic (exact) mass is 483 g/mol. The Morgan fingerprint density at radius 1 is 1.00 bits per heavy atom. The van der Waals surface area contributed by atoms with E-state index in [0.717, 1.165) is 29.7 Å². The molecule has 0 saturated carbocycles. The molecule has 2 N–H and O–H groups in total. The first-order chi connectivity index (χ1) is 17.4. The Balaban J connectivity index is 1.76. The molecule has 1 aromatic heterocycles. The van der Waals surface area contributed by atoms with Gasteiger partial charge in [0.05, 0.1) is 29.1 Å². The summed E-state index contributed by atoms with van der Waals surface area (Å²) in [5.74, 6) is -0.396. The van der Waals surface area contributed by atoms with Crippen LogP contribution in [0.3, 0.4) is 0 Å². The maximum Gasteiger partial charge on any atom is 0.338 e. The van der Waals surface area contributed by atoms with Gasteiger partial charge in [-0.2, -0.15) is 0 Å². The number of aromatic hydroxyl groups is 1. The summed E-state index contributed by atoms with van der Waals surface area (Å²) in [5, 5.41) is 11.7. The van der Waals surface area contributed by atoms with E-state index in [0.29, 0.717) is 35.0 Å². The number of nitrogens with one attached hydrogen (secondary N) is 1. The van der Waals surface area contributed by atoms with Crippen molar-refractivity contribution in [3.8, 4) is 5.88 Å². The second-order valence-electron chi connectivity index (χ2n) is 8.98. The van der Waals surface area contributed by atoms with Crippen LogP contribution in [0.1, 0.15) is 54.7 Å². The van der Waals surface area contributed by atoms with Crippen molar-refractivity contribution in [3.63, 3.8) is 0 Å². The molecule has 0 atom stereocenters. The third kappa shape index (κ3) is 5.50. The summed E-state index contributed by atoms with van der Waals surface area (Å²) in [5.41, 5.74) is 5.20. The van der Waals surface area contributed by atoms with Crippen LogP contribution in [-0.4, -0.2) is 45.9 Å². The topological polar surface area (TPSA) is 77.9 Å². The molecule has 3 aromatic carbocycles. The molecule has 0 unspecified atom stereocenters. The van der Waals surface area contributed by atoms with Crippen molar-refractivity contribution in [2.24, 2.45) is 4.99 Å². The van der Waals surface area contributed by atoms with E-state index < -0.39 is 5.97 Å². The Morgan fingerprint density at radius 3 is 2.36 bits per heavy atom. The van der Waals surface area contributed by atoms with Crippen molar-refractivity contribution in [2.45, 2.75) is 40.3 Å². The van der Waals surface area contributed by atoms with E-state index in [-0.39, 0.29) is 5.88 Å². The second kappa shape index (κ2) is 11.2. The zero-order valence-corrected chi connectivity index (χ0v) is 21.3. The molecule has 4 rings (SSSR count). The lowest BCUT2D eigenvalue weighted by molar-refractivity contribution is 0.0526. The van der Waals surface area contributed by atoms with Gasteiger partial charge in [0.2, 0.25) is 0 Å². The number of benzene rings is 3. The minimum atomic E-state index is -0.397. The molecule has 0 aliphatic carbocycles. The number of rotatable bonds is 9. The molecule has 0 fully saturated rings. The summed E-state index contributed by atoms with van der Waals surface area (Å²) in [6, 6.07) is 23.7. The van der Waals surface area contributed by atoms with Gasteiger partial charge < -0.3 is 14.8 Å². The highest BCUT2D eigenvalue weighted by molar-refractivity contribution is 6.22. The van der Waals surface area contributed by atoms with E-state index in [1.807, 2.05) is 48.5 Å². The van der Waals surface area contributed by atoms with Gasteiger partial charge in [-0.15, -0.1) is 0 Å². The number of H-pyrrole nitrogens is 1. The summed E-state index contributed by atoms with van der Waals surface area (Å²) in [4.78, 5) is 22.6. The van der Waals surface area contributed by atoms with Crippen LogP contribution in [0, 0.1) is 0 Å². The van der Waals surface area contributed by atoms with Gasteiger partial charge in [-0.3, -0.25) is 4.90 Å². The average Bonchev–Trinajstić information content (AvgIpc) is 3.21. The zero-order valence-electron chi connectivity index (χ0n) is 21.3. The summed E-state index contributed by atoms with van der Waals surface area (Å²) in [7, 11) is 0. The van der Waals surface area contributed by atoms with E-state index in [4.69, 9.17) is 9.73 Å². The van der Waals surface area contributed by atoms with Crippen LogP contribution in [0.4, 0.5) is 5.69 Å². The first-order valence-electron chi connectivity index (χ1n) is 12.4. The Morgan fingerprint density at radius 2 is 1.72 bits per heavy atom. The highest BCUT2D eigenvalue weighted by atomic mass is 16.5. The number of hydrogen-bond acceptors (Lipinski definition) is 5. The van der Waals surface area contributed by atoms with Gasteiger partial charge in [0, 0.05) is 29.1 Å². The summed E-state index contributed by atoms with van der Waals surface area (Å²) >= 11 is 0. The maximum absolute atomic E-state index is 12.2. The van der Waals surface area contributed by atoms with E-state index >= 15 is 0 Å². The van der Waals surface area contributed by atoms with Crippen molar-refractivity contribution >= 4 is 28.3 Å². The lowest BCUT2D eigenvalue weighted by Gasteiger charge is -2.24. The molecule has 0 aliphatic heterocycles. The third-order valence-corrected chi connectivity index (χ3v) is 6.27. The smallest absolute Gasteiger partial charge is 0.338 e. The molecule has 0 aliphatic rings. The third-order valence-electron chi connectivity index (χ3n) is 6.27. The van der Waals surface area contributed by atoms with Crippen LogP contribution >= 0.6 is 0 Å². The molecule has 0 saturated heterocycles. The predicted octanol–water partition coefficient (Wildman–Crippen LogP) is 6.45. The number of aromatic nitrogens is 1. The standard InChI is InChI=1S/C30H33N3O3/c1-5-33(20(3)4)19-21-12-15-24(16-13-21)31-28(22-10-8-7-9-11-22)27-25-17-14-23(30(35)36-6-2)18-26(25)32-29(27)34/h7-18,20,32,34H,5-6,19H2,1-4H3. The van der Waals surface area contributed by atoms with Crippen LogP contribution in [-0.2, 0) is 11.3 Å². The van der Waals surface area contributed by atoms with E-state index in [1.54, 1.807) is 19.1 Å². The van der Waals surface area contributed by atoms with Gasteiger partial charge in [0.25, 0.3) is 0 Å². The van der Waals surface area contributed by atoms with Crippen LogP contribution in [0.25, 0.3) is 10.9 Å². The molecule has 4 aromatic rings. The Kier molecular flexibility index (Phi) is 7.86. The number of hydrogen-bond donors (Lipinski definition) is 2. The minimum absolute atomic E-state index is 0.000697. The molecule has 6 nitrogen and oxygen atoms in total. The van der Waals surface area contributed by atoms with Crippen molar-refractivity contribution in [2.75, 3.05) is 13.2 Å². The molecule has 6 heteroatoms. The van der Waals surface area contributed by atoms with Gasteiger partial charge >= 0.3 is 5.97 Å². The molecule has 0 amide bonds. The number of esters is 1. The number of ether oxygens (including phenoxy) is 1. The fourth-order valence-corrected chi connectivity index (χ4v) is 4.32.